The van der Waals surface area contributed by atoms with Crippen LogP contribution in [-0.2, 0) is 9.47 Å². The summed E-state index contributed by atoms with van der Waals surface area (Å²) in [4.78, 5) is 26.0. The van der Waals surface area contributed by atoms with Crippen LogP contribution in [0.1, 0.15) is 37.0 Å². The first-order chi connectivity index (χ1) is 9.86. The van der Waals surface area contributed by atoms with Crippen molar-refractivity contribution in [2.75, 3.05) is 0 Å². The molecule has 0 saturated carbocycles. The molecule has 0 aliphatic carbocycles. The van der Waals surface area contributed by atoms with Gasteiger partial charge in [0.1, 0.15) is 23.0 Å². The second kappa shape index (κ2) is 6.36. The maximum absolute atomic E-state index is 12.1. The fourth-order valence-electron chi connectivity index (χ4n) is 2.39. The molecule has 114 valence electrons. The summed E-state index contributed by atoms with van der Waals surface area (Å²) >= 11 is 5.69. The molecule has 8 heteroatoms. The summed E-state index contributed by atoms with van der Waals surface area (Å²) in [5.74, 6) is -0.766. The van der Waals surface area contributed by atoms with Gasteiger partial charge in [0.05, 0.1) is 17.1 Å². The molecule has 0 N–H and O–H groups in total. The van der Waals surface area contributed by atoms with Crippen LogP contribution in [0.5, 0.6) is 0 Å². The van der Waals surface area contributed by atoms with Crippen LogP contribution >= 0.6 is 11.6 Å². The highest BCUT2D eigenvalue weighted by molar-refractivity contribution is 6.29. The molecule has 2 heterocycles. The third kappa shape index (κ3) is 3.89. The Labute approximate surface area is 126 Å². The number of rotatable bonds is 3. The normalized spacial score (nSPS) is 25.4. The van der Waals surface area contributed by atoms with Gasteiger partial charge < -0.3 is 9.47 Å². The number of aromatic nitrogens is 1. The molecular formula is C13H15ClN2O5. The average molecular weight is 315 g/mol. The van der Waals surface area contributed by atoms with Crippen LogP contribution in [-0.4, -0.2) is 34.2 Å². The number of hydrogen-bond donors (Lipinski definition) is 0. The molecule has 1 aromatic heterocycles. The predicted octanol–water partition coefficient (Wildman–Crippen LogP) is 2.76. The molecule has 1 aliphatic heterocycles. The van der Waals surface area contributed by atoms with Gasteiger partial charge in [-0.25, -0.2) is 9.78 Å². The summed E-state index contributed by atoms with van der Waals surface area (Å²) in [7, 11) is 0. The van der Waals surface area contributed by atoms with Crippen LogP contribution in [0, 0.1) is 10.1 Å². The molecule has 1 saturated heterocycles. The van der Waals surface area contributed by atoms with E-state index in [0.717, 1.165) is 12.3 Å². The number of carbonyl (C=O) groups is 1. The highest BCUT2D eigenvalue weighted by Crippen LogP contribution is 2.26. The van der Waals surface area contributed by atoms with Crippen molar-refractivity contribution in [2.24, 2.45) is 0 Å². The molecule has 2 rings (SSSR count). The van der Waals surface area contributed by atoms with Crippen LogP contribution in [0.3, 0.4) is 0 Å². The third-order valence-electron chi connectivity index (χ3n) is 3.19. The molecular weight excluding hydrogens is 300 g/mol. The van der Waals surface area contributed by atoms with Gasteiger partial charge in [0.15, 0.2) is 0 Å². The lowest BCUT2D eigenvalue weighted by Crippen LogP contribution is -2.35. The Morgan fingerprint density at radius 2 is 2.10 bits per heavy atom. The first-order valence-corrected chi connectivity index (χ1v) is 6.91. The fourth-order valence-corrected chi connectivity index (χ4v) is 2.54. The van der Waals surface area contributed by atoms with Crippen molar-refractivity contribution in [2.45, 2.75) is 45.0 Å². The maximum Gasteiger partial charge on any atom is 0.345 e. The Hall–Kier alpha value is -1.73. The Morgan fingerprint density at radius 1 is 1.48 bits per heavy atom. The zero-order chi connectivity index (χ0) is 15.6. The number of ether oxygens (including phenoxy) is 2. The van der Waals surface area contributed by atoms with E-state index in [0.29, 0.717) is 12.8 Å². The molecule has 2 atom stereocenters. The SMILES string of the molecule is CC1CC(OC(=O)c2cc(Cl)ncc2[N+](=O)[O-])CC(C)O1. The number of halogens is 1. The topological polar surface area (TPSA) is 91.6 Å². The molecule has 1 aliphatic rings. The van der Waals surface area contributed by atoms with Gasteiger partial charge in [-0.15, -0.1) is 0 Å². The number of hydrogen-bond acceptors (Lipinski definition) is 6. The molecule has 0 spiro atoms. The summed E-state index contributed by atoms with van der Waals surface area (Å²) in [5.41, 5.74) is -0.607. The summed E-state index contributed by atoms with van der Waals surface area (Å²) in [6, 6.07) is 1.15. The van der Waals surface area contributed by atoms with Gasteiger partial charge in [-0.2, -0.15) is 0 Å². The van der Waals surface area contributed by atoms with Crippen LogP contribution in [0.4, 0.5) is 5.69 Å². The van der Waals surface area contributed by atoms with Gasteiger partial charge in [-0.3, -0.25) is 10.1 Å². The van der Waals surface area contributed by atoms with Crippen LogP contribution in [0.25, 0.3) is 0 Å². The van der Waals surface area contributed by atoms with Gasteiger partial charge in [-0.1, -0.05) is 11.6 Å². The Morgan fingerprint density at radius 3 is 2.67 bits per heavy atom. The van der Waals surface area contributed by atoms with E-state index in [1.807, 2.05) is 13.8 Å². The second-order valence-corrected chi connectivity index (χ2v) is 5.42. The van der Waals surface area contributed by atoms with E-state index in [2.05, 4.69) is 4.98 Å². The van der Waals surface area contributed by atoms with Gasteiger partial charge in [0.25, 0.3) is 0 Å². The van der Waals surface area contributed by atoms with Crippen molar-refractivity contribution < 1.29 is 19.2 Å². The summed E-state index contributed by atoms with van der Waals surface area (Å²) < 4.78 is 10.9. The van der Waals surface area contributed by atoms with E-state index in [1.165, 1.54) is 0 Å². The Kier molecular flexibility index (Phi) is 4.74. The number of pyridine rings is 1. The Balaban J connectivity index is 2.16. The largest absolute Gasteiger partial charge is 0.458 e. The summed E-state index contributed by atoms with van der Waals surface area (Å²) in [5, 5.41) is 10.9. The Bertz CT molecular complexity index is 555. The zero-order valence-electron chi connectivity index (χ0n) is 11.6. The van der Waals surface area contributed by atoms with E-state index in [-0.39, 0.29) is 29.0 Å². The molecule has 2 unspecified atom stereocenters. The molecule has 21 heavy (non-hydrogen) atoms. The predicted molar refractivity (Wildman–Crippen MR) is 74.3 cm³/mol. The lowest BCUT2D eigenvalue weighted by atomic mass is 10.0. The van der Waals surface area contributed by atoms with Crippen molar-refractivity contribution in [3.05, 3.63) is 33.1 Å². The molecule has 0 radical (unpaired) electrons. The highest BCUT2D eigenvalue weighted by Gasteiger charge is 2.30. The van der Waals surface area contributed by atoms with E-state index >= 15 is 0 Å². The number of carbonyl (C=O) groups excluding carboxylic acids is 1. The number of nitro groups is 1. The minimum Gasteiger partial charge on any atom is -0.458 e. The van der Waals surface area contributed by atoms with E-state index in [1.54, 1.807) is 0 Å². The van der Waals surface area contributed by atoms with Gasteiger partial charge >= 0.3 is 11.7 Å². The second-order valence-electron chi connectivity index (χ2n) is 5.04. The molecule has 0 amide bonds. The van der Waals surface area contributed by atoms with Gasteiger partial charge in [-0.05, 0) is 19.9 Å². The minimum absolute atomic E-state index is 0.00117. The summed E-state index contributed by atoms with van der Waals surface area (Å²) in [6.45, 7) is 3.78. The van der Waals surface area contributed by atoms with Crippen molar-refractivity contribution in [3.63, 3.8) is 0 Å². The van der Waals surface area contributed by atoms with Crippen molar-refractivity contribution >= 4 is 23.3 Å². The fraction of sp³-hybridized carbons (Fsp3) is 0.538. The van der Waals surface area contributed by atoms with Crippen LogP contribution in [0.15, 0.2) is 12.3 Å². The van der Waals surface area contributed by atoms with E-state index in [4.69, 9.17) is 21.1 Å². The molecule has 0 aromatic carbocycles. The minimum atomic E-state index is -0.766. The third-order valence-corrected chi connectivity index (χ3v) is 3.40. The number of nitrogens with zero attached hydrogens (tertiary/aromatic N) is 2. The molecule has 7 nitrogen and oxygen atoms in total. The highest BCUT2D eigenvalue weighted by atomic mass is 35.5. The first-order valence-electron chi connectivity index (χ1n) is 6.53. The van der Waals surface area contributed by atoms with Crippen molar-refractivity contribution in [1.82, 2.24) is 4.98 Å². The average Bonchev–Trinajstić information content (AvgIpc) is 2.36. The lowest BCUT2D eigenvalue weighted by Gasteiger charge is -2.31. The van der Waals surface area contributed by atoms with Crippen LogP contribution < -0.4 is 0 Å². The van der Waals surface area contributed by atoms with E-state index in [9.17, 15) is 14.9 Å². The van der Waals surface area contributed by atoms with Crippen molar-refractivity contribution in [3.8, 4) is 0 Å². The summed E-state index contributed by atoms with van der Waals surface area (Å²) in [6.07, 6.45) is 1.69. The maximum atomic E-state index is 12.1. The quantitative estimate of drug-likeness (QED) is 0.369. The van der Waals surface area contributed by atoms with Crippen molar-refractivity contribution in [1.29, 1.82) is 0 Å². The van der Waals surface area contributed by atoms with Gasteiger partial charge in [0.2, 0.25) is 0 Å². The monoisotopic (exact) mass is 314 g/mol. The smallest absolute Gasteiger partial charge is 0.345 e. The standard InChI is InChI=1S/C13H15ClN2O5/c1-7-3-9(4-8(2)20-7)21-13(17)10-5-12(14)15-6-11(10)16(18)19/h5-9H,3-4H2,1-2H3. The number of esters is 1. The first kappa shape index (κ1) is 15.7. The molecule has 0 bridgehead atoms. The van der Waals surface area contributed by atoms with Crippen LogP contribution in [0.2, 0.25) is 5.15 Å². The lowest BCUT2D eigenvalue weighted by molar-refractivity contribution is -0.385. The molecule has 1 aromatic rings. The van der Waals surface area contributed by atoms with Gasteiger partial charge in [0, 0.05) is 12.8 Å². The molecule has 1 fully saturated rings. The van der Waals surface area contributed by atoms with E-state index < -0.39 is 16.6 Å². The zero-order valence-corrected chi connectivity index (χ0v) is 12.4.